The summed E-state index contributed by atoms with van der Waals surface area (Å²) in [7, 11) is 0. The van der Waals surface area contributed by atoms with Crippen LogP contribution in [0.5, 0.6) is 0 Å². The van der Waals surface area contributed by atoms with Gasteiger partial charge in [-0.1, -0.05) is 78.8 Å². The highest BCUT2D eigenvalue weighted by Crippen LogP contribution is 2.78. The molecular formula is C55H83N3O6. The topological polar surface area (TPSA) is 88.6 Å². The van der Waals surface area contributed by atoms with E-state index in [4.69, 9.17) is 14.2 Å². The van der Waals surface area contributed by atoms with Crippen molar-refractivity contribution < 1.29 is 28.6 Å². The second-order valence-electron chi connectivity index (χ2n) is 25.0. The Morgan fingerprint density at radius 3 is 2.03 bits per heavy atom. The van der Waals surface area contributed by atoms with E-state index in [-0.39, 0.29) is 63.6 Å². The van der Waals surface area contributed by atoms with Crippen LogP contribution in [0.3, 0.4) is 0 Å². The smallest absolute Gasteiger partial charge is 0.309 e. The molecule has 0 spiro atoms. The lowest BCUT2D eigenvalue weighted by atomic mass is 9.32. The number of benzene rings is 1. The average molecular weight is 882 g/mol. The summed E-state index contributed by atoms with van der Waals surface area (Å²) < 4.78 is 18.0. The molecule has 9 heteroatoms. The second kappa shape index (κ2) is 16.6. The molecule has 2 aliphatic heterocycles. The van der Waals surface area contributed by atoms with Gasteiger partial charge >= 0.3 is 11.9 Å². The molecule has 7 saturated carbocycles. The predicted octanol–water partition coefficient (Wildman–Crippen LogP) is 9.27. The lowest BCUT2D eigenvalue weighted by Crippen LogP contribution is -2.68. The molecule has 1 amide bonds. The van der Waals surface area contributed by atoms with E-state index >= 15 is 4.79 Å². The fourth-order valence-electron chi connectivity index (χ4n) is 17.6. The number of fused-ring (bicyclic) bond motifs is 7. The van der Waals surface area contributed by atoms with Gasteiger partial charge in [-0.15, -0.1) is 0 Å². The zero-order valence-electron chi connectivity index (χ0n) is 40.8. The number of rotatable bonds is 10. The largest absolute Gasteiger partial charge is 0.462 e. The Balaban J connectivity index is 0.804. The zero-order chi connectivity index (χ0) is 44.9. The van der Waals surface area contributed by atoms with Crippen molar-refractivity contribution >= 4 is 17.8 Å². The number of nitrogens with zero attached hydrogens (tertiary/aromatic N) is 3. The molecule has 0 unspecified atom stereocenters. The van der Waals surface area contributed by atoms with Crippen molar-refractivity contribution in [3.8, 4) is 0 Å². The number of hydrogen-bond acceptors (Lipinski definition) is 8. The molecule has 9 aliphatic rings. The molecule has 12 atom stereocenters. The van der Waals surface area contributed by atoms with Crippen molar-refractivity contribution in [1.29, 1.82) is 0 Å². The average Bonchev–Trinajstić information content (AvgIpc) is 4.05. The van der Waals surface area contributed by atoms with Crippen LogP contribution >= 0.6 is 0 Å². The summed E-state index contributed by atoms with van der Waals surface area (Å²) in [5.74, 6) is 3.39. The standard InChI is InChI=1S/C55H83N3O6/c1-50(2)41(47(59)63-36-37-11-9-8-10-12-37)35-42(50)48(60)64-45-19-20-52(5)43(51(45,3)4)18-21-54(7)44(52)16-15-40-46-39(38-13-14-38)17-22-55(46,24-23-53(40,54)6)49(61)58-29-27-56(28-30-58)25-26-57-31-33-62-34-32-57/h8-12,38-46H,13-36H2,1-7H3/t39-,40+,41-,42+,43-,44+,45-,46+,52-,53+,54+,55-/m0/s1. The highest BCUT2D eigenvalue weighted by molar-refractivity contribution is 5.84. The number of carbonyl (C=O) groups excluding carboxylic acids is 3. The van der Waals surface area contributed by atoms with E-state index in [2.05, 4.69) is 49.3 Å². The molecule has 0 bridgehead atoms. The number of amides is 1. The Kier molecular flexibility index (Phi) is 11.8. The minimum Gasteiger partial charge on any atom is -0.462 e. The lowest BCUT2D eigenvalue weighted by Gasteiger charge is -2.73. The van der Waals surface area contributed by atoms with Crippen molar-refractivity contribution in [2.45, 2.75) is 145 Å². The summed E-state index contributed by atoms with van der Waals surface area (Å²) in [6, 6.07) is 9.80. The van der Waals surface area contributed by atoms with Gasteiger partial charge in [-0.25, -0.2) is 0 Å². The van der Waals surface area contributed by atoms with E-state index in [1.165, 1.54) is 51.4 Å². The van der Waals surface area contributed by atoms with Crippen LogP contribution in [0.4, 0.5) is 0 Å². The summed E-state index contributed by atoms with van der Waals surface area (Å²) in [6.07, 6.45) is 14.7. The zero-order valence-corrected chi connectivity index (χ0v) is 40.8. The highest BCUT2D eigenvalue weighted by atomic mass is 16.5. The number of ether oxygens (including phenoxy) is 3. The summed E-state index contributed by atoms with van der Waals surface area (Å²) in [5.41, 5.74) is 0.770. The molecule has 1 aromatic rings. The number of morpholine rings is 1. The maximum Gasteiger partial charge on any atom is 0.309 e. The van der Waals surface area contributed by atoms with Gasteiger partial charge < -0.3 is 19.1 Å². The first-order valence-electron chi connectivity index (χ1n) is 26.3. The molecule has 2 saturated heterocycles. The molecule has 9 nitrogen and oxygen atoms in total. The lowest BCUT2D eigenvalue weighted by molar-refractivity contribution is -0.252. The predicted molar refractivity (Wildman–Crippen MR) is 249 cm³/mol. The first-order chi connectivity index (χ1) is 30.5. The van der Waals surface area contributed by atoms with Gasteiger partial charge in [-0.2, -0.15) is 0 Å². The number of hydrogen-bond donors (Lipinski definition) is 0. The van der Waals surface area contributed by atoms with E-state index in [1.807, 2.05) is 44.2 Å². The van der Waals surface area contributed by atoms with Crippen LogP contribution in [0.1, 0.15) is 138 Å². The molecule has 2 heterocycles. The SMILES string of the molecule is CC1(C)[C@@H](C(=O)O[C@H]2CC[C@]3(C)[C@H]4CC[C@@H]5[C@H]6[C@H](C7CC7)CC[C@]6(C(=O)N6CCN(CCN7CCOCC7)CC6)CC[C@@]5(C)[C@]4(C)CC[C@H]3C2(C)C)C[C@H]1C(=O)OCc1ccccc1. The van der Waals surface area contributed by atoms with Crippen molar-refractivity contribution in [1.82, 2.24) is 14.7 Å². The molecule has 0 N–H and O–H groups in total. The maximum absolute atomic E-state index is 15.3. The van der Waals surface area contributed by atoms with Crippen LogP contribution in [0.2, 0.25) is 0 Å². The van der Waals surface area contributed by atoms with Crippen LogP contribution in [0, 0.1) is 79.8 Å². The van der Waals surface area contributed by atoms with Gasteiger partial charge in [-0.3, -0.25) is 24.2 Å². The van der Waals surface area contributed by atoms with Crippen LogP contribution in [-0.4, -0.2) is 104 Å². The van der Waals surface area contributed by atoms with E-state index in [1.54, 1.807) is 0 Å². The minimum absolute atomic E-state index is 0.125. The number of carbonyl (C=O) groups is 3. The first-order valence-corrected chi connectivity index (χ1v) is 26.3. The van der Waals surface area contributed by atoms with E-state index in [0.29, 0.717) is 36.0 Å². The van der Waals surface area contributed by atoms with Crippen LogP contribution in [0.15, 0.2) is 30.3 Å². The highest BCUT2D eigenvalue weighted by Gasteiger charge is 2.73. The van der Waals surface area contributed by atoms with Gasteiger partial charge in [0.1, 0.15) is 12.7 Å². The van der Waals surface area contributed by atoms with Gasteiger partial charge in [0.15, 0.2) is 0 Å². The fourth-order valence-corrected chi connectivity index (χ4v) is 17.6. The van der Waals surface area contributed by atoms with Crippen molar-refractivity contribution in [3.05, 3.63) is 35.9 Å². The molecule has 64 heavy (non-hydrogen) atoms. The molecule has 0 radical (unpaired) electrons. The van der Waals surface area contributed by atoms with E-state index in [0.717, 1.165) is 109 Å². The number of piperazine rings is 1. The summed E-state index contributed by atoms with van der Waals surface area (Å²) in [4.78, 5) is 50.0. The van der Waals surface area contributed by atoms with Gasteiger partial charge in [0.05, 0.1) is 30.5 Å². The summed E-state index contributed by atoms with van der Waals surface area (Å²) in [5, 5.41) is 0. The van der Waals surface area contributed by atoms with Crippen molar-refractivity contribution in [2.75, 3.05) is 65.6 Å². The Morgan fingerprint density at radius 1 is 0.656 bits per heavy atom. The van der Waals surface area contributed by atoms with Crippen molar-refractivity contribution in [2.24, 2.45) is 79.8 Å². The van der Waals surface area contributed by atoms with Crippen LogP contribution in [0.25, 0.3) is 0 Å². The Labute approximate surface area is 385 Å². The molecule has 0 aromatic heterocycles. The molecule has 10 rings (SSSR count). The first kappa shape index (κ1) is 45.3. The van der Waals surface area contributed by atoms with Crippen molar-refractivity contribution in [3.63, 3.8) is 0 Å². The quantitative estimate of drug-likeness (QED) is 0.215. The third kappa shape index (κ3) is 7.26. The summed E-state index contributed by atoms with van der Waals surface area (Å²) >= 11 is 0. The normalized spacial score (nSPS) is 42.8. The van der Waals surface area contributed by atoms with Gasteiger partial charge in [0, 0.05) is 57.8 Å². The second-order valence-corrected chi connectivity index (χ2v) is 25.0. The van der Waals surface area contributed by atoms with E-state index < -0.39 is 5.41 Å². The maximum atomic E-state index is 15.3. The minimum atomic E-state index is -0.503. The monoisotopic (exact) mass is 882 g/mol. The Bertz CT molecular complexity index is 1900. The van der Waals surface area contributed by atoms with Gasteiger partial charge in [-0.05, 0) is 146 Å². The third-order valence-corrected chi connectivity index (χ3v) is 21.9. The van der Waals surface area contributed by atoms with E-state index in [9.17, 15) is 9.59 Å². The Morgan fingerprint density at radius 2 is 1.34 bits per heavy atom. The van der Waals surface area contributed by atoms with Gasteiger partial charge in [0.25, 0.3) is 0 Å². The van der Waals surface area contributed by atoms with Crippen LogP contribution in [-0.2, 0) is 35.2 Å². The van der Waals surface area contributed by atoms with Gasteiger partial charge in [0.2, 0.25) is 5.91 Å². The third-order valence-electron chi connectivity index (χ3n) is 21.9. The fraction of sp³-hybridized carbons (Fsp3) is 0.836. The molecular weight excluding hydrogens is 799 g/mol. The molecule has 1 aromatic carbocycles. The molecule has 7 aliphatic carbocycles. The molecule has 354 valence electrons. The molecule has 9 fully saturated rings. The Hall–Kier alpha value is -2.49. The summed E-state index contributed by atoms with van der Waals surface area (Å²) in [6.45, 7) is 27.0. The number of esters is 2. The van der Waals surface area contributed by atoms with Crippen LogP contribution < -0.4 is 0 Å².